The Morgan fingerprint density at radius 2 is 1.94 bits per heavy atom. The number of likely N-dealkylation sites (tertiary alicyclic amines) is 1. The third-order valence-electron chi connectivity index (χ3n) is 4.33. The number of aliphatic hydroxyl groups is 1. The average Bonchev–Trinajstić information content (AvgIpc) is 2.59. The minimum absolute atomic E-state index is 0.0859. The molecule has 2 aliphatic rings. The SMILES string of the molecule is CC(O)C1CCN(CC2CCC(C)(C)O2)CC1. The van der Waals surface area contributed by atoms with Crippen molar-refractivity contribution in [2.75, 3.05) is 19.6 Å². The molecule has 0 radical (unpaired) electrons. The van der Waals surface area contributed by atoms with E-state index in [4.69, 9.17) is 4.74 Å². The predicted molar refractivity (Wildman–Crippen MR) is 69.0 cm³/mol. The molecule has 2 rings (SSSR count). The Kier molecular flexibility index (Phi) is 4.11. The molecule has 0 saturated carbocycles. The van der Waals surface area contributed by atoms with Crippen molar-refractivity contribution in [3.63, 3.8) is 0 Å². The zero-order chi connectivity index (χ0) is 12.5. The van der Waals surface area contributed by atoms with Crippen molar-refractivity contribution in [2.45, 2.75) is 64.3 Å². The van der Waals surface area contributed by atoms with Crippen LogP contribution in [0.4, 0.5) is 0 Å². The van der Waals surface area contributed by atoms with Crippen LogP contribution in [0, 0.1) is 5.92 Å². The second-order valence-electron chi connectivity index (χ2n) is 6.42. The summed E-state index contributed by atoms with van der Waals surface area (Å²) in [5.41, 5.74) is 0.0859. The summed E-state index contributed by atoms with van der Waals surface area (Å²) in [5.74, 6) is 0.507. The molecule has 2 fully saturated rings. The molecule has 0 aromatic carbocycles. The van der Waals surface area contributed by atoms with Gasteiger partial charge in [0.2, 0.25) is 0 Å². The second-order valence-corrected chi connectivity index (χ2v) is 6.42. The summed E-state index contributed by atoms with van der Waals surface area (Å²) in [7, 11) is 0. The number of ether oxygens (including phenoxy) is 1. The number of hydrogen-bond acceptors (Lipinski definition) is 3. The highest BCUT2D eigenvalue weighted by Gasteiger charge is 2.33. The first-order chi connectivity index (χ1) is 7.96. The monoisotopic (exact) mass is 241 g/mol. The van der Waals surface area contributed by atoms with Gasteiger partial charge in [0.15, 0.2) is 0 Å². The molecular formula is C14H27NO2. The summed E-state index contributed by atoms with van der Waals surface area (Å²) in [6.07, 6.45) is 4.93. The minimum Gasteiger partial charge on any atom is -0.393 e. The summed E-state index contributed by atoms with van der Waals surface area (Å²) in [5, 5.41) is 9.57. The van der Waals surface area contributed by atoms with E-state index in [1.165, 1.54) is 12.8 Å². The molecule has 0 aromatic heterocycles. The van der Waals surface area contributed by atoms with Crippen molar-refractivity contribution in [1.29, 1.82) is 0 Å². The van der Waals surface area contributed by atoms with E-state index >= 15 is 0 Å². The zero-order valence-corrected chi connectivity index (χ0v) is 11.5. The van der Waals surface area contributed by atoms with Gasteiger partial charge in [-0.1, -0.05) is 0 Å². The van der Waals surface area contributed by atoms with Crippen LogP contribution in [0.2, 0.25) is 0 Å². The number of piperidine rings is 1. The fourth-order valence-electron chi connectivity index (χ4n) is 3.11. The minimum atomic E-state index is -0.140. The Morgan fingerprint density at radius 1 is 1.29 bits per heavy atom. The van der Waals surface area contributed by atoms with Gasteiger partial charge in [0.25, 0.3) is 0 Å². The van der Waals surface area contributed by atoms with Crippen LogP contribution in [-0.2, 0) is 4.74 Å². The van der Waals surface area contributed by atoms with Crippen molar-refractivity contribution < 1.29 is 9.84 Å². The number of nitrogens with zero attached hydrogens (tertiary/aromatic N) is 1. The summed E-state index contributed by atoms with van der Waals surface area (Å²) in [4.78, 5) is 2.50. The van der Waals surface area contributed by atoms with E-state index in [1.54, 1.807) is 0 Å². The number of rotatable bonds is 3. The molecule has 2 aliphatic heterocycles. The smallest absolute Gasteiger partial charge is 0.0710 e. The summed E-state index contributed by atoms with van der Waals surface area (Å²) in [6.45, 7) is 9.62. The van der Waals surface area contributed by atoms with E-state index < -0.39 is 0 Å². The average molecular weight is 241 g/mol. The fourth-order valence-corrected chi connectivity index (χ4v) is 3.11. The molecule has 0 amide bonds. The molecule has 0 spiro atoms. The highest BCUT2D eigenvalue weighted by atomic mass is 16.5. The largest absolute Gasteiger partial charge is 0.393 e. The van der Waals surface area contributed by atoms with E-state index in [0.717, 1.165) is 32.5 Å². The van der Waals surface area contributed by atoms with Crippen molar-refractivity contribution >= 4 is 0 Å². The van der Waals surface area contributed by atoms with Crippen molar-refractivity contribution in [1.82, 2.24) is 4.90 Å². The van der Waals surface area contributed by atoms with Crippen LogP contribution in [0.1, 0.15) is 46.5 Å². The molecule has 2 heterocycles. The molecule has 3 nitrogen and oxygen atoms in total. The first-order valence-corrected chi connectivity index (χ1v) is 7.04. The van der Waals surface area contributed by atoms with E-state index in [9.17, 15) is 5.11 Å². The lowest BCUT2D eigenvalue weighted by Crippen LogP contribution is -2.41. The molecular weight excluding hydrogens is 214 g/mol. The van der Waals surface area contributed by atoms with Gasteiger partial charge in [0.1, 0.15) is 0 Å². The normalized spacial score (nSPS) is 32.8. The maximum atomic E-state index is 9.57. The quantitative estimate of drug-likeness (QED) is 0.820. The van der Waals surface area contributed by atoms with Gasteiger partial charge in [-0.05, 0) is 65.5 Å². The van der Waals surface area contributed by atoms with Crippen LogP contribution >= 0.6 is 0 Å². The van der Waals surface area contributed by atoms with Crippen LogP contribution in [0.5, 0.6) is 0 Å². The van der Waals surface area contributed by atoms with Gasteiger partial charge in [-0.2, -0.15) is 0 Å². The maximum Gasteiger partial charge on any atom is 0.0710 e. The molecule has 2 saturated heterocycles. The molecule has 0 bridgehead atoms. The number of hydrogen-bond donors (Lipinski definition) is 1. The van der Waals surface area contributed by atoms with E-state index in [-0.39, 0.29) is 11.7 Å². The Bertz CT molecular complexity index is 245. The lowest BCUT2D eigenvalue weighted by Gasteiger charge is -2.34. The molecule has 0 aromatic rings. The van der Waals surface area contributed by atoms with Crippen molar-refractivity contribution in [3.8, 4) is 0 Å². The lowest BCUT2D eigenvalue weighted by atomic mass is 9.92. The van der Waals surface area contributed by atoms with E-state index in [1.807, 2.05) is 6.92 Å². The van der Waals surface area contributed by atoms with Crippen molar-refractivity contribution in [3.05, 3.63) is 0 Å². The first-order valence-electron chi connectivity index (χ1n) is 7.04. The first kappa shape index (κ1) is 13.3. The van der Waals surface area contributed by atoms with Crippen LogP contribution in [-0.4, -0.2) is 47.4 Å². The molecule has 100 valence electrons. The third kappa shape index (κ3) is 3.67. The predicted octanol–water partition coefficient (Wildman–Crippen LogP) is 2.04. The van der Waals surface area contributed by atoms with Crippen LogP contribution < -0.4 is 0 Å². The molecule has 1 N–H and O–H groups in total. The third-order valence-corrected chi connectivity index (χ3v) is 4.33. The van der Waals surface area contributed by atoms with Gasteiger partial charge in [0, 0.05) is 6.54 Å². The van der Waals surface area contributed by atoms with E-state index in [0.29, 0.717) is 12.0 Å². The molecule has 17 heavy (non-hydrogen) atoms. The molecule has 3 heteroatoms. The van der Waals surface area contributed by atoms with Gasteiger partial charge in [-0.15, -0.1) is 0 Å². The highest BCUT2D eigenvalue weighted by Crippen LogP contribution is 2.30. The van der Waals surface area contributed by atoms with Crippen LogP contribution in [0.15, 0.2) is 0 Å². The number of aliphatic hydroxyl groups excluding tert-OH is 1. The van der Waals surface area contributed by atoms with Gasteiger partial charge < -0.3 is 14.7 Å². The van der Waals surface area contributed by atoms with Gasteiger partial charge in [-0.25, -0.2) is 0 Å². The van der Waals surface area contributed by atoms with Gasteiger partial charge in [-0.3, -0.25) is 0 Å². The standard InChI is InChI=1S/C14H27NO2/c1-11(16)12-5-8-15(9-6-12)10-13-4-7-14(2,3)17-13/h11-13,16H,4-10H2,1-3H3. The van der Waals surface area contributed by atoms with E-state index in [2.05, 4.69) is 18.7 Å². The Labute approximate surface area is 105 Å². The Hall–Kier alpha value is -0.120. The fraction of sp³-hybridized carbons (Fsp3) is 1.00. The summed E-state index contributed by atoms with van der Waals surface area (Å²) < 4.78 is 6.03. The van der Waals surface area contributed by atoms with Crippen LogP contribution in [0.3, 0.4) is 0 Å². The molecule has 2 unspecified atom stereocenters. The Balaban J connectivity index is 1.72. The van der Waals surface area contributed by atoms with Gasteiger partial charge >= 0.3 is 0 Å². The lowest BCUT2D eigenvalue weighted by molar-refractivity contribution is -0.0346. The second kappa shape index (κ2) is 5.25. The van der Waals surface area contributed by atoms with Crippen molar-refractivity contribution in [2.24, 2.45) is 5.92 Å². The topological polar surface area (TPSA) is 32.7 Å². The van der Waals surface area contributed by atoms with Crippen LogP contribution in [0.25, 0.3) is 0 Å². The zero-order valence-electron chi connectivity index (χ0n) is 11.5. The van der Waals surface area contributed by atoms with Gasteiger partial charge in [0.05, 0.1) is 17.8 Å². The Morgan fingerprint density at radius 3 is 2.41 bits per heavy atom. The molecule has 2 atom stereocenters. The highest BCUT2D eigenvalue weighted by molar-refractivity contribution is 4.84. The summed E-state index contributed by atoms with van der Waals surface area (Å²) >= 11 is 0. The maximum absolute atomic E-state index is 9.57. The summed E-state index contributed by atoms with van der Waals surface area (Å²) in [6, 6.07) is 0. The molecule has 0 aliphatic carbocycles.